The van der Waals surface area contributed by atoms with Gasteiger partial charge in [-0.15, -0.1) is 11.3 Å². The molecule has 2 amide bonds. The summed E-state index contributed by atoms with van der Waals surface area (Å²) in [5, 5.41) is 1.25. The second kappa shape index (κ2) is 9.55. The maximum atomic E-state index is 13.0. The van der Waals surface area contributed by atoms with Crippen LogP contribution >= 0.6 is 11.3 Å². The number of amides is 2. The highest BCUT2D eigenvalue weighted by Crippen LogP contribution is 2.27. The highest BCUT2D eigenvalue weighted by atomic mass is 32.1. The molecule has 2 heterocycles. The largest absolute Gasteiger partial charge is 0.281 e. The predicted octanol–water partition coefficient (Wildman–Crippen LogP) is 4.20. The minimum absolute atomic E-state index is 0.183. The molecule has 9 heteroatoms. The summed E-state index contributed by atoms with van der Waals surface area (Å²) in [5.74, 6) is -0.388. The molecule has 0 saturated carbocycles. The molecule has 0 saturated heterocycles. The van der Waals surface area contributed by atoms with Crippen LogP contribution in [0, 0.1) is 13.8 Å². The number of nitrogens with one attached hydrogen (secondary N) is 2. The zero-order valence-corrected chi connectivity index (χ0v) is 20.3. The molecule has 2 aromatic heterocycles. The van der Waals surface area contributed by atoms with Crippen LogP contribution in [0.4, 0.5) is 0 Å². The molecule has 0 unspecified atom stereocenters. The maximum Gasteiger partial charge on any atom is 0.281 e. The van der Waals surface area contributed by atoms with E-state index in [1.54, 1.807) is 56.3 Å². The second-order valence-corrected chi connectivity index (χ2v) is 9.07. The van der Waals surface area contributed by atoms with Gasteiger partial charge in [-0.25, -0.2) is 9.97 Å². The third-order valence-electron chi connectivity index (χ3n) is 5.64. The fraction of sp³-hybridized carbons (Fsp3) is 0.0741. The van der Waals surface area contributed by atoms with Crippen LogP contribution in [0.15, 0.2) is 83.7 Å². The number of fused-ring (bicyclic) bond motifs is 1. The fourth-order valence-electron chi connectivity index (χ4n) is 3.86. The van der Waals surface area contributed by atoms with Gasteiger partial charge in [-0.2, -0.15) is 0 Å². The van der Waals surface area contributed by atoms with Crippen molar-refractivity contribution in [3.8, 4) is 16.3 Å². The molecule has 8 nitrogen and oxygen atoms in total. The van der Waals surface area contributed by atoms with Gasteiger partial charge in [0.2, 0.25) is 0 Å². The van der Waals surface area contributed by atoms with Gasteiger partial charge in [0.25, 0.3) is 17.4 Å². The Hall–Kier alpha value is -4.63. The summed E-state index contributed by atoms with van der Waals surface area (Å²) in [6.45, 7) is 3.51. The highest BCUT2D eigenvalue weighted by molar-refractivity contribution is 7.17. The lowest BCUT2D eigenvalue weighted by Gasteiger charge is -2.12. The number of hydrogen-bond acceptors (Lipinski definition) is 6. The first-order valence-electron chi connectivity index (χ1n) is 11.1. The van der Waals surface area contributed by atoms with Crippen LogP contribution in [-0.2, 0) is 0 Å². The first kappa shape index (κ1) is 23.1. The van der Waals surface area contributed by atoms with E-state index in [0.717, 1.165) is 10.6 Å². The van der Waals surface area contributed by atoms with Crippen molar-refractivity contribution in [3.63, 3.8) is 0 Å². The lowest BCUT2D eigenvalue weighted by Crippen LogP contribution is -2.41. The minimum atomic E-state index is -0.485. The summed E-state index contributed by atoms with van der Waals surface area (Å²) in [4.78, 5) is 47.7. The predicted molar refractivity (Wildman–Crippen MR) is 139 cm³/mol. The molecule has 178 valence electrons. The monoisotopic (exact) mass is 495 g/mol. The van der Waals surface area contributed by atoms with Gasteiger partial charge in [0.1, 0.15) is 15.7 Å². The first-order chi connectivity index (χ1) is 17.4. The standard InChI is InChI=1S/C27H21N5O3S/c1-16-23(36-26(28-16)19-8-4-3-5-9-19)25(34)31-30-24(33)18-12-14-20(15-13-18)32-17(2)29-22-11-7-6-10-21(22)27(32)35/h3-15H,1-2H3,(H,30,33)(H,31,34). The van der Waals surface area contributed by atoms with E-state index in [4.69, 9.17) is 0 Å². The van der Waals surface area contributed by atoms with Gasteiger partial charge in [0.15, 0.2) is 0 Å². The molecule has 0 aliphatic carbocycles. The molecule has 0 radical (unpaired) electrons. The van der Waals surface area contributed by atoms with Crippen molar-refractivity contribution in [2.24, 2.45) is 0 Å². The first-order valence-corrected chi connectivity index (χ1v) is 12.0. The Bertz CT molecular complexity index is 1660. The average molecular weight is 496 g/mol. The van der Waals surface area contributed by atoms with Crippen LogP contribution < -0.4 is 16.4 Å². The Morgan fingerprint density at radius 2 is 1.47 bits per heavy atom. The van der Waals surface area contributed by atoms with E-state index in [0.29, 0.717) is 38.5 Å². The summed E-state index contributed by atoms with van der Waals surface area (Å²) in [5.41, 5.74) is 7.76. The van der Waals surface area contributed by atoms with Gasteiger partial charge >= 0.3 is 0 Å². The van der Waals surface area contributed by atoms with Gasteiger partial charge in [-0.3, -0.25) is 29.8 Å². The Balaban J connectivity index is 1.30. The van der Waals surface area contributed by atoms with Crippen LogP contribution in [0.1, 0.15) is 31.5 Å². The zero-order valence-electron chi connectivity index (χ0n) is 19.5. The summed E-state index contributed by atoms with van der Waals surface area (Å²) in [7, 11) is 0. The number of nitrogens with zero attached hydrogens (tertiary/aromatic N) is 3. The van der Waals surface area contributed by atoms with E-state index in [2.05, 4.69) is 20.8 Å². The smallest absolute Gasteiger partial charge is 0.268 e. The maximum absolute atomic E-state index is 13.0. The fourth-order valence-corrected chi connectivity index (χ4v) is 4.83. The third-order valence-corrected chi connectivity index (χ3v) is 6.85. The van der Waals surface area contributed by atoms with Crippen molar-refractivity contribution < 1.29 is 9.59 Å². The van der Waals surface area contributed by atoms with Crippen molar-refractivity contribution in [2.75, 3.05) is 0 Å². The molecule has 0 aliphatic rings. The Morgan fingerprint density at radius 1 is 0.806 bits per heavy atom. The van der Waals surface area contributed by atoms with Crippen molar-refractivity contribution in [1.82, 2.24) is 25.4 Å². The normalized spacial score (nSPS) is 10.8. The molecule has 0 aliphatic heterocycles. The number of carbonyl (C=O) groups is 2. The number of aromatic nitrogens is 3. The Morgan fingerprint density at radius 3 is 2.22 bits per heavy atom. The van der Waals surface area contributed by atoms with Gasteiger partial charge in [-0.05, 0) is 50.2 Å². The van der Waals surface area contributed by atoms with Crippen molar-refractivity contribution >= 4 is 34.1 Å². The van der Waals surface area contributed by atoms with Crippen LogP contribution in [0.25, 0.3) is 27.2 Å². The molecule has 0 spiro atoms. The molecule has 5 rings (SSSR count). The molecular formula is C27H21N5O3S. The molecule has 2 N–H and O–H groups in total. The summed E-state index contributed by atoms with van der Waals surface area (Å²) in [6.07, 6.45) is 0. The number of rotatable bonds is 4. The van der Waals surface area contributed by atoms with Crippen LogP contribution in [0.5, 0.6) is 0 Å². The SMILES string of the molecule is Cc1nc(-c2ccccc2)sc1C(=O)NNC(=O)c1ccc(-n2c(C)nc3ccccc3c2=O)cc1. The Kier molecular flexibility index (Phi) is 6.14. The van der Waals surface area contributed by atoms with Crippen molar-refractivity contribution in [3.05, 3.63) is 111 Å². The minimum Gasteiger partial charge on any atom is -0.268 e. The van der Waals surface area contributed by atoms with E-state index in [1.807, 2.05) is 36.4 Å². The van der Waals surface area contributed by atoms with Gasteiger partial charge in [0.05, 0.1) is 22.3 Å². The summed E-state index contributed by atoms with van der Waals surface area (Å²) in [6, 6.07) is 23.3. The van der Waals surface area contributed by atoms with Gasteiger partial charge < -0.3 is 0 Å². The number of aryl methyl sites for hydroxylation is 2. The van der Waals surface area contributed by atoms with E-state index >= 15 is 0 Å². The van der Waals surface area contributed by atoms with Gasteiger partial charge in [-0.1, -0.05) is 42.5 Å². The van der Waals surface area contributed by atoms with E-state index in [-0.39, 0.29) is 5.56 Å². The molecule has 5 aromatic rings. The van der Waals surface area contributed by atoms with E-state index < -0.39 is 11.8 Å². The number of benzene rings is 3. The number of hydrazine groups is 1. The van der Waals surface area contributed by atoms with Crippen LogP contribution in [-0.4, -0.2) is 26.3 Å². The average Bonchev–Trinajstić information content (AvgIpc) is 3.29. The van der Waals surface area contributed by atoms with E-state index in [9.17, 15) is 14.4 Å². The molecule has 36 heavy (non-hydrogen) atoms. The third kappa shape index (κ3) is 4.39. The number of carbonyl (C=O) groups excluding carboxylic acids is 2. The van der Waals surface area contributed by atoms with Crippen LogP contribution in [0.3, 0.4) is 0 Å². The number of para-hydroxylation sites is 1. The van der Waals surface area contributed by atoms with Crippen molar-refractivity contribution in [1.29, 1.82) is 0 Å². The van der Waals surface area contributed by atoms with Crippen molar-refractivity contribution in [2.45, 2.75) is 13.8 Å². The molecular weight excluding hydrogens is 474 g/mol. The summed E-state index contributed by atoms with van der Waals surface area (Å²) >= 11 is 1.26. The number of hydrogen-bond donors (Lipinski definition) is 2. The lowest BCUT2D eigenvalue weighted by atomic mass is 10.2. The topological polar surface area (TPSA) is 106 Å². The number of thiazole rings is 1. The zero-order chi connectivity index (χ0) is 25.2. The summed E-state index contributed by atoms with van der Waals surface area (Å²) < 4.78 is 1.50. The Labute approximate surface area is 210 Å². The van der Waals surface area contributed by atoms with E-state index in [1.165, 1.54) is 15.9 Å². The second-order valence-electron chi connectivity index (χ2n) is 8.07. The van der Waals surface area contributed by atoms with Gasteiger partial charge in [0, 0.05) is 11.1 Å². The molecule has 0 bridgehead atoms. The molecule has 0 fully saturated rings. The van der Waals surface area contributed by atoms with Crippen LogP contribution in [0.2, 0.25) is 0 Å². The lowest BCUT2D eigenvalue weighted by molar-refractivity contribution is 0.0848. The molecule has 3 aromatic carbocycles. The highest BCUT2D eigenvalue weighted by Gasteiger charge is 2.17. The molecule has 0 atom stereocenters. The quantitative estimate of drug-likeness (QED) is 0.364.